The monoisotopic (exact) mass is 541 g/mol. The fourth-order valence-corrected chi connectivity index (χ4v) is 3.33. The Bertz CT molecular complexity index is 974. The first-order valence-corrected chi connectivity index (χ1v) is 11.0. The number of carboxylic acids is 2. The Kier molecular flexibility index (Phi) is 11.8. The number of nitrogens with one attached hydrogen (secondary N) is 1. The maximum Gasteiger partial charge on any atom is 0.490 e. The van der Waals surface area contributed by atoms with Crippen molar-refractivity contribution in [3.05, 3.63) is 40.8 Å². The summed E-state index contributed by atoms with van der Waals surface area (Å²) < 4.78 is 63.5. The fraction of sp³-hybridized carbons (Fsp3) is 0.545. The molecule has 0 aromatic carbocycles. The molecule has 9 nitrogen and oxygen atoms in total. The van der Waals surface area contributed by atoms with Crippen LogP contribution in [0.1, 0.15) is 29.1 Å². The zero-order valence-corrected chi connectivity index (χ0v) is 20.4. The van der Waals surface area contributed by atoms with E-state index >= 15 is 0 Å². The Morgan fingerprint density at radius 1 is 0.946 bits per heavy atom. The third-order valence-electron chi connectivity index (χ3n) is 5.24. The van der Waals surface area contributed by atoms with Gasteiger partial charge < -0.3 is 15.1 Å². The number of nitrogens with zero attached hydrogens (tertiary/aromatic N) is 4. The Morgan fingerprint density at radius 2 is 1.46 bits per heavy atom. The summed E-state index contributed by atoms with van der Waals surface area (Å²) in [4.78, 5) is 27.4. The molecule has 1 saturated heterocycles. The highest BCUT2D eigenvalue weighted by Crippen LogP contribution is 2.16. The number of pyridine rings is 1. The van der Waals surface area contributed by atoms with Crippen LogP contribution in [-0.2, 0) is 16.0 Å². The molecule has 0 bridgehead atoms. The molecule has 208 valence electrons. The zero-order valence-electron chi connectivity index (χ0n) is 20.4. The average Bonchev–Trinajstić information content (AvgIpc) is 3.11. The standard InChI is InChI=1S/C18H27N5.2C2HF3O2/c1-14-6-4-8-18(19-14)23-12-10-22(11-13-23)9-5-7-17-15(2)20-21-16(17)3;2*3-2(4,5)1(6)7/h4,6,8H,5,7,9-13H2,1-3H3,(H,20,21);2*(H,6,7). The molecule has 1 fully saturated rings. The number of piperazine rings is 1. The third kappa shape index (κ3) is 11.5. The van der Waals surface area contributed by atoms with Crippen molar-refractivity contribution in [2.75, 3.05) is 37.6 Å². The van der Waals surface area contributed by atoms with Crippen LogP contribution in [0.3, 0.4) is 0 Å². The first kappa shape index (κ1) is 31.7. The summed E-state index contributed by atoms with van der Waals surface area (Å²) in [7, 11) is 0. The van der Waals surface area contributed by atoms with Gasteiger partial charge in [-0.3, -0.25) is 10.00 Å². The normalized spacial score (nSPS) is 14.2. The fourth-order valence-electron chi connectivity index (χ4n) is 3.33. The molecule has 37 heavy (non-hydrogen) atoms. The van der Waals surface area contributed by atoms with E-state index in [1.165, 1.54) is 24.2 Å². The summed E-state index contributed by atoms with van der Waals surface area (Å²) in [6.07, 6.45) is -7.85. The Labute approximate surface area is 209 Å². The van der Waals surface area contributed by atoms with Crippen LogP contribution < -0.4 is 4.90 Å². The van der Waals surface area contributed by atoms with E-state index in [-0.39, 0.29) is 0 Å². The number of aliphatic carboxylic acids is 2. The van der Waals surface area contributed by atoms with E-state index in [1.807, 2.05) is 0 Å². The summed E-state index contributed by atoms with van der Waals surface area (Å²) in [5.74, 6) is -4.39. The number of alkyl halides is 6. The summed E-state index contributed by atoms with van der Waals surface area (Å²) >= 11 is 0. The van der Waals surface area contributed by atoms with Crippen molar-refractivity contribution in [1.29, 1.82) is 0 Å². The maximum absolute atomic E-state index is 10.6. The molecule has 15 heteroatoms. The highest BCUT2D eigenvalue weighted by atomic mass is 19.4. The minimum atomic E-state index is -5.08. The first-order valence-electron chi connectivity index (χ1n) is 11.0. The van der Waals surface area contributed by atoms with Crippen molar-refractivity contribution in [3.8, 4) is 0 Å². The van der Waals surface area contributed by atoms with Crippen LogP contribution in [0.25, 0.3) is 0 Å². The molecule has 1 aliphatic heterocycles. The summed E-state index contributed by atoms with van der Waals surface area (Å²) in [5.41, 5.74) is 4.86. The average molecular weight is 541 g/mol. The molecule has 3 N–H and O–H groups in total. The number of halogens is 6. The van der Waals surface area contributed by atoms with Gasteiger partial charge in [0.25, 0.3) is 0 Å². The van der Waals surface area contributed by atoms with Crippen molar-refractivity contribution >= 4 is 17.8 Å². The molecular weight excluding hydrogens is 512 g/mol. The molecule has 0 spiro atoms. The van der Waals surface area contributed by atoms with E-state index in [0.29, 0.717) is 0 Å². The third-order valence-corrected chi connectivity index (χ3v) is 5.24. The Balaban J connectivity index is 0.000000404. The van der Waals surface area contributed by atoms with E-state index < -0.39 is 24.3 Å². The van der Waals surface area contributed by atoms with E-state index in [9.17, 15) is 26.3 Å². The van der Waals surface area contributed by atoms with Crippen LogP contribution in [0, 0.1) is 20.8 Å². The van der Waals surface area contributed by atoms with Gasteiger partial charge in [0.15, 0.2) is 0 Å². The number of H-pyrrole nitrogens is 1. The topological polar surface area (TPSA) is 123 Å². The molecule has 2 aromatic heterocycles. The van der Waals surface area contributed by atoms with Crippen molar-refractivity contribution in [2.45, 2.75) is 46.0 Å². The quantitative estimate of drug-likeness (QED) is 0.490. The SMILES string of the molecule is Cc1cccc(N2CCN(CCCc3c(C)n[nH]c3C)CC2)n1.O=C(O)C(F)(F)F.O=C(O)C(F)(F)F. The van der Waals surface area contributed by atoms with Gasteiger partial charge in [-0.05, 0) is 57.9 Å². The van der Waals surface area contributed by atoms with Crippen LogP contribution >= 0.6 is 0 Å². The lowest BCUT2D eigenvalue weighted by molar-refractivity contribution is -0.193. The van der Waals surface area contributed by atoms with Crippen molar-refractivity contribution < 1.29 is 46.1 Å². The predicted octanol–water partition coefficient (Wildman–Crippen LogP) is 3.75. The number of aromatic nitrogens is 3. The number of hydrogen-bond donors (Lipinski definition) is 3. The van der Waals surface area contributed by atoms with Gasteiger partial charge in [0.05, 0.1) is 5.69 Å². The van der Waals surface area contributed by atoms with Gasteiger partial charge in [-0.15, -0.1) is 0 Å². The maximum atomic E-state index is 10.6. The number of carbonyl (C=O) groups is 2. The molecule has 1 aliphatic rings. The number of hydrogen-bond acceptors (Lipinski definition) is 6. The van der Waals surface area contributed by atoms with Crippen molar-refractivity contribution in [2.24, 2.45) is 0 Å². The van der Waals surface area contributed by atoms with Crippen molar-refractivity contribution in [1.82, 2.24) is 20.1 Å². The van der Waals surface area contributed by atoms with Crippen molar-refractivity contribution in [3.63, 3.8) is 0 Å². The van der Waals surface area contributed by atoms with Gasteiger partial charge in [-0.1, -0.05) is 6.07 Å². The smallest absolute Gasteiger partial charge is 0.475 e. The predicted molar refractivity (Wildman–Crippen MR) is 121 cm³/mol. The summed E-state index contributed by atoms with van der Waals surface area (Å²) in [6, 6.07) is 6.27. The first-order chi connectivity index (χ1) is 17.0. The molecular formula is C22H29F6N5O4. The molecule has 0 aliphatic carbocycles. The number of aryl methyl sites for hydroxylation is 3. The summed E-state index contributed by atoms with van der Waals surface area (Å²) in [6.45, 7) is 11.8. The number of anilines is 1. The lowest BCUT2D eigenvalue weighted by atomic mass is 10.1. The molecule has 2 aromatic rings. The molecule has 0 saturated carbocycles. The molecule has 0 atom stereocenters. The molecule has 0 amide bonds. The minimum absolute atomic E-state index is 1.07. The van der Waals surface area contributed by atoms with Gasteiger partial charge in [-0.25, -0.2) is 14.6 Å². The van der Waals surface area contributed by atoms with Gasteiger partial charge in [0.1, 0.15) is 5.82 Å². The highest BCUT2D eigenvalue weighted by Gasteiger charge is 2.38. The lowest BCUT2D eigenvalue weighted by Gasteiger charge is -2.35. The molecule has 0 radical (unpaired) electrons. The van der Waals surface area contributed by atoms with Crippen LogP contribution in [-0.4, -0.2) is 87.3 Å². The van der Waals surface area contributed by atoms with E-state index in [1.54, 1.807) is 0 Å². The van der Waals surface area contributed by atoms with Gasteiger partial charge >= 0.3 is 24.3 Å². The summed E-state index contributed by atoms with van der Waals surface area (Å²) in [5, 5.41) is 21.6. The van der Waals surface area contributed by atoms with E-state index in [0.717, 1.165) is 49.8 Å². The zero-order chi connectivity index (χ0) is 28.4. The Hall–Kier alpha value is -3.36. The lowest BCUT2D eigenvalue weighted by Crippen LogP contribution is -2.47. The largest absolute Gasteiger partial charge is 0.490 e. The second-order valence-electron chi connectivity index (χ2n) is 8.09. The van der Waals surface area contributed by atoms with Crippen LogP contribution in [0.2, 0.25) is 0 Å². The number of rotatable bonds is 5. The van der Waals surface area contributed by atoms with Gasteiger partial charge in [-0.2, -0.15) is 31.4 Å². The minimum Gasteiger partial charge on any atom is -0.475 e. The highest BCUT2D eigenvalue weighted by molar-refractivity contribution is 5.73. The molecule has 3 heterocycles. The number of carboxylic acid groups (broad SMARTS) is 2. The number of aromatic amines is 1. The molecule has 3 rings (SSSR count). The van der Waals surface area contributed by atoms with Crippen LogP contribution in [0.5, 0.6) is 0 Å². The van der Waals surface area contributed by atoms with Gasteiger partial charge in [0, 0.05) is 37.6 Å². The van der Waals surface area contributed by atoms with E-state index in [4.69, 9.17) is 19.8 Å². The Morgan fingerprint density at radius 3 is 1.86 bits per heavy atom. The van der Waals surface area contributed by atoms with E-state index in [2.05, 4.69) is 64.0 Å². The van der Waals surface area contributed by atoms with Crippen LogP contribution in [0.15, 0.2) is 18.2 Å². The van der Waals surface area contributed by atoms with Crippen LogP contribution in [0.4, 0.5) is 32.2 Å². The molecule has 0 unspecified atom stereocenters. The second-order valence-corrected chi connectivity index (χ2v) is 8.09. The second kappa shape index (κ2) is 13.8. The van der Waals surface area contributed by atoms with Gasteiger partial charge in [0.2, 0.25) is 0 Å².